The molecule has 122 valence electrons. The summed E-state index contributed by atoms with van der Waals surface area (Å²) in [5, 5.41) is 4.25. The van der Waals surface area contributed by atoms with Crippen molar-refractivity contribution in [2.45, 2.75) is 52.1 Å². The third-order valence-corrected chi connectivity index (χ3v) is 5.31. The summed E-state index contributed by atoms with van der Waals surface area (Å²) < 4.78 is 0. The summed E-state index contributed by atoms with van der Waals surface area (Å²) in [5.41, 5.74) is 2.45. The van der Waals surface area contributed by atoms with Crippen LogP contribution in [0.5, 0.6) is 0 Å². The number of thiocarbonyl (C=S) groups is 1. The molecule has 4 heteroatoms. The molecule has 1 atom stereocenters. The van der Waals surface area contributed by atoms with E-state index in [2.05, 4.69) is 62.3 Å². The Kier molecular flexibility index (Phi) is 6.21. The molecule has 1 unspecified atom stereocenters. The van der Waals surface area contributed by atoms with Crippen molar-refractivity contribution in [2.75, 3.05) is 25.5 Å². The minimum absolute atomic E-state index is 0.693. The molecule has 2 rings (SSSR count). The summed E-state index contributed by atoms with van der Waals surface area (Å²) in [6.07, 6.45) is 3.52. The third kappa shape index (κ3) is 4.43. The first-order valence-electron chi connectivity index (χ1n) is 8.49. The third-order valence-electron chi connectivity index (χ3n) is 4.95. The number of aryl methyl sites for hydroxylation is 1. The fraction of sp³-hybridized carbons (Fsp3) is 0.611. The maximum absolute atomic E-state index is 5.58. The molecular weight excluding hydrogens is 290 g/mol. The molecule has 0 spiro atoms. The monoisotopic (exact) mass is 320 g/mol. The Hall–Kier alpha value is -1.13. The zero-order valence-corrected chi connectivity index (χ0v) is 15.2. The predicted octanol–water partition coefficient (Wildman–Crippen LogP) is 2.33. The molecule has 0 amide bonds. The van der Waals surface area contributed by atoms with Gasteiger partial charge in [0.15, 0.2) is 5.11 Å². The van der Waals surface area contributed by atoms with Crippen LogP contribution in [0.25, 0.3) is 0 Å². The summed E-state index contributed by atoms with van der Waals surface area (Å²) in [7, 11) is 2.32. The highest BCUT2D eigenvalue weighted by atomic mass is 32.1. The van der Waals surface area contributed by atoms with Gasteiger partial charge in [-0.1, -0.05) is 19.1 Å². The Balaban J connectivity index is 1.84. The lowest BCUT2D eigenvalue weighted by Crippen LogP contribution is -3.16. The van der Waals surface area contributed by atoms with Crippen LogP contribution in [-0.2, 0) is 6.42 Å². The summed E-state index contributed by atoms with van der Waals surface area (Å²) in [5.74, 6) is 0. The van der Waals surface area contributed by atoms with E-state index in [1.54, 1.807) is 4.90 Å². The minimum Gasteiger partial charge on any atom is -0.349 e. The van der Waals surface area contributed by atoms with Gasteiger partial charge >= 0.3 is 0 Å². The molecule has 0 aliphatic carbocycles. The summed E-state index contributed by atoms with van der Waals surface area (Å²) >= 11 is 5.58. The second-order valence-corrected chi connectivity index (χ2v) is 7.03. The maximum atomic E-state index is 5.58. The van der Waals surface area contributed by atoms with Crippen molar-refractivity contribution in [1.29, 1.82) is 0 Å². The fourth-order valence-electron chi connectivity index (χ4n) is 3.04. The Morgan fingerprint density at radius 2 is 1.86 bits per heavy atom. The van der Waals surface area contributed by atoms with Crippen molar-refractivity contribution >= 4 is 23.0 Å². The van der Waals surface area contributed by atoms with Gasteiger partial charge < -0.3 is 15.1 Å². The van der Waals surface area contributed by atoms with Crippen LogP contribution < -0.4 is 10.2 Å². The first-order chi connectivity index (χ1) is 10.5. The van der Waals surface area contributed by atoms with Crippen molar-refractivity contribution < 1.29 is 4.90 Å². The smallest absolute Gasteiger partial charge is 0.173 e. The van der Waals surface area contributed by atoms with E-state index in [0.717, 1.165) is 36.4 Å². The lowest BCUT2D eigenvalue weighted by molar-refractivity contribution is -0.928. The van der Waals surface area contributed by atoms with Crippen LogP contribution in [0.4, 0.5) is 5.69 Å². The number of hydrogen-bond acceptors (Lipinski definition) is 1. The topological polar surface area (TPSA) is 19.7 Å². The molecule has 1 fully saturated rings. The molecule has 3 nitrogen and oxygen atoms in total. The van der Waals surface area contributed by atoms with Gasteiger partial charge in [0, 0.05) is 31.6 Å². The molecule has 1 aliphatic heterocycles. The van der Waals surface area contributed by atoms with Crippen molar-refractivity contribution in [1.82, 2.24) is 4.90 Å². The number of rotatable bonds is 4. The summed E-state index contributed by atoms with van der Waals surface area (Å²) in [6.45, 7) is 8.90. The molecule has 0 bridgehead atoms. The molecule has 1 aliphatic rings. The molecule has 0 saturated carbocycles. The van der Waals surface area contributed by atoms with Gasteiger partial charge in [-0.25, -0.2) is 0 Å². The van der Waals surface area contributed by atoms with Crippen molar-refractivity contribution in [3.05, 3.63) is 29.8 Å². The zero-order valence-electron chi connectivity index (χ0n) is 14.4. The highest BCUT2D eigenvalue weighted by Gasteiger charge is 2.27. The summed E-state index contributed by atoms with van der Waals surface area (Å²) in [4.78, 5) is 3.96. The molecule has 22 heavy (non-hydrogen) atoms. The second kappa shape index (κ2) is 7.93. The van der Waals surface area contributed by atoms with E-state index in [1.165, 1.54) is 18.4 Å². The molecule has 1 aromatic carbocycles. The van der Waals surface area contributed by atoms with Crippen molar-refractivity contribution in [3.8, 4) is 0 Å². The van der Waals surface area contributed by atoms with E-state index in [4.69, 9.17) is 12.2 Å². The lowest BCUT2D eigenvalue weighted by Gasteiger charge is -2.37. The van der Waals surface area contributed by atoms with Crippen molar-refractivity contribution in [2.24, 2.45) is 0 Å². The average molecular weight is 321 g/mol. The van der Waals surface area contributed by atoms with Gasteiger partial charge in [-0.05, 0) is 50.2 Å². The maximum Gasteiger partial charge on any atom is 0.173 e. The molecule has 0 aromatic heterocycles. The zero-order chi connectivity index (χ0) is 16.1. The number of quaternary nitrogens is 1. The van der Waals surface area contributed by atoms with Crippen LogP contribution in [-0.4, -0.2) is 42.2 Å². The highest BCUT2D eigenvalue weighted by Crippen LogP contribution is 2.14. The molecule has 2 N–H and O–H groups in total. The number of benzene rings is 1. The van der Waals surface area contributed by atoms with Crippen LogP contribution in [0, 0.1) is 0 Å². The predicted molar refractivity (Wildman–Crippen MR) is 98.7 cm³/mol. The van der Waals surface area contributed by atoms with E-state index in [9.17, 15) is 0 Å². The fourth-order valence-corrected chi connectivity index (χ4v) is 3.34. The van der Waals surface area contributed by atoms with E-state index >= 15 is 0 Å². The first-order valence-corrected chi connectivity index (χ1v) is 8.90. The van der Waals surface area contributed by atoms with E-state index in [-0.39, 0.29) is 0 Å². The molecule has 1 saturated heterocycles. The van der Waals surface area contributed by atoms with Gasteiger partial charge in [0.1, 0.15) is 0 Å². The normalized spacial score (nSPS) is 17.6. The van der Waals surface area contributed by atoms with Crippen LogP contribution in [0.2, 0.25) is 0 Å². The number of nitrogens with zero attached hydrogens (tertiary/aromatic N) is 1. The van der Waals surface area contributed by atoms with E-state index < -0.39 is 0 Å². The number of nitrogens with one attached hydrogen (secondary N) is 2. The van der Waals surface area contributed by atoms with E-state index in [1.807, 2.05) is 0 Å². The molecular formula is C18H30N3S+. The first kappa shape index (κ1) is 17.2. The minimum atomic E-state index is 0.693. The second-order valence-electron chi connectivity index (χ2n) is 6.64. The Labute approximate surface area is 140 Å². The van der Waals surface area contributed by atoms with Gasteiger partial charge in [0.05, 0.1) is 19.1 Å². The Bertz CT molecular complexity index is 476. The average Bonchev–Trinajstić information content (AvgIpc) is 2.55. The van der Waals surface area contributed by atoms with Gasteiger partial charge in [0.2, 0.25) is 0 Å². The van der Waals surface area contributed by atoms with Crippen LogP contribution in [0.1, 0.15) is 39.2 Å². The Morgan fingerprint density at radius 1 is 1.27 bits per heavy atom. The number of likely N-dealkylation sites (tertiary alicyclic amines) is 1. The van der Waals surface area contributed by atoms with Crippen LogP contribution in [0.15, 0.2) is 24.3 Å². The van der Waals surface area contributed by atoms with Crippen molar-refractivity contribution in [3.63, 3.8) is 0 Å². The summed E-state index contributed by atoms with van der Waals surface area (Å²) in [6, 6.07) is 10.0. The van der Waals surface area contributed by atoms with Gasteiger partial charge in [-0.3, -0.25) is 0 Å². The largest absolute Gasteiger partial charge is 0.349 e. The number of hydrogen-bond donors (Lipinski definition) is 2. The van der Waals surface area contributed by atoms with Crippen LogP contribution in [0.3, 0.4) is 0 Å². The molecule has 1 aromatic rings. The van der Waals surface area contributed by atoms with Gasteiger partial charge in [0.25, 0.3) is 0 Å². The van der Waals surface area contributed by atoms with Gasteiger partial charge in [-0.2, -0.15) is 0 Å². The number of piperidine rings is 1. The standard InChI is InChI=1S/C18H29N3S/c1-5-15-6-8-16(9-7-15)19-18(22)21-12-10-17(11-13-21)20(4)14(2)3/h6-9,14,17H,5,10-13H2,1-4H3,(H,19,22)/p+1. The SMILES string of the molecule is CCc1ccc(NC(=S)N2CCC([NH+](C)C(C)C)CC2)cc1. The highest BCUT2D eigenvalue weighted by molar-refractivity contribution is 7.80. The Morgan fingerprint density at radius 3 is 2.36 bits per heavy atom. The quantitative estimate of drug-likeness (QED) is 0.831. The molecule has 1 heterocycles. The van der Waals surface area contributed by atoms with Crippen LogP contribution >= 0.6 is 12.2 Å². The van der Waals surface area contributed by atoms with Gasteiger partial charge in [-0.15, -0.1) is 0 Å². The van der Waals surface area contributed by atoms with E-state index in [0.29, 0.717) is 6.04 Å². The molecule has 0 radical (unpaired) electrons. The lowest BCUT2D eigenvalue weighted by atomic mass is 10.0. The number of anilines is 1.